The zero-order chi connectivity index (χ0) is 18.8. The Bertz CT molecular complexity index is 962. The Morgan fingerprint density at radius 2 is 1.63 bits per heavy atom. The van der Waals surface area contributed by atoms with E-state index in [2.05, 4.69) is 10.5 Å². The van der Waals surface area contributed by atoms with Crippen LogP contribution in [0.2, 0.25) is 0 Å². The number of hydrogen-bond donors (Lipinski definition) is 1. The molecule has 27 heavy (non-hydrogen) atoms. The average Bonchev–Trinajstić information content (AvgIpc) is 3.15. The summed E-state index contributed by atoms with van der Waals surface area (Å²) in [4.78, 5) is 14.8. The number of fused-ring (bicyclic) bond motifs is 2. The van der Waals surface area contributed by atoms with E-state index in [9.17, 15) is 4.79 Å². The van der Waals surface area contributed by atoms with Crippen LogP contribution in [0, 0.1) is 0 Å². The molecule has 0 spiro atoms. The Morgan fingerprint density at radius 1 is 1.00 bits per heavy atom. The van der Waals surface area contributed by atoms with Gasteiger partial charge >= 0.3 is 0 Å². The summed E-state index contributed by atoms with van der Waals surface area (Å²) in [5.74, 6) is 1.93. The number of ether oxygens (including phenoxy) is 1. The topological polar surface area (TPSA) is 67.1 Å². The predicted octanol–water partition coefficient (Wildman–Crippen LogP) is 3.73. The molecular weight excluding hydrogens is 342 g/mol. The van der Waals surface area contributed by atoms with Gasteiger partial charge in [-0.2, -0.15) is 5.10 Å². The first-order valence-corrected chi connectivity index (χ1v) is 8.59. The van der Waals surface area contributed by atoms with Gasteiger partial charge in [-0.1, -0.05) is 36.4 Å². The lowest BCUT2D eigenvalue weighted by atomic mass is 9.87. The molecule has 1 aromatic heterocycles. The number of hydrogen-bond acceptors (Lipinski definition) is 5. The number of nitrogens with one attached hydrogen (secondary N) is 1. The summed E-state index contributed by atoms with van der Waals surface area (Å²) >= 11 is 0. The Balaban J connectivity index is 1.57. The number of rotatable bonds is 4. The van der Waals surface area contributed by atoms with E-state index in [4.69, 9.17) is 9.15 Å². The number of furan rings is 1. The molecule has 0 bridgehead atoms. The van der Waals surface area contributed by atoms with Crippen LogP contribution in [0.15, 0.2) is 70.2 Å². The van der Waals surface area contributed by atoms with Crippen LogP contribution in [-0.4, -0.2) is 26.2 Å². The fourth-order valence-electron chi connectivity index (χ4n) is 3.07. The highest BCUT2D eigenvalue weighted by Gasteiger charge is 2.32. The minimum absolute atomic E-state index is 0.228. The minimum atomic E-state index is -0.489. The molecular formula is C21H19N3O3. The van der Waals surface area contributed by atoms with Crippen LogP contribution in [0.3, 0.4) is 0 Å². The van der Waals surface area contributed by atoms with Crippen molar-refractivity contribution < 1.29 is 13.9 Å². The molecule has 0 saturated heterocycles. The zero-order valence-corrected chi connectivity index (χ0v) is 15.0. The van der Waals surface area contributed by atoms with Gasteiger partial charge in [0.1, 0.15) is 17.3 Å². The zero-order valence-electron chi connectivity index (χ0n) is 15.0. The quantitative estimate of drug-likeness (QED) is 0.568. The van der Waals surface area contributed by atoms with Gasteiger partial charge in [0.2, 0.25) is 0 Å². The third kappa shape index (κ3) is 3.29. The lowest BCUT2D eigenvalue weighted by Crippen LogP contribution is -2.28. The predicted molar refractivity (Wildman–Crippen MR) is 104 cm³/mol. The normalized spacial score (nSPS) is 13.0. The van der Waals surface area contributed by atoms with Crippen molar-refractivity contribution in [2.75, 3.05) is 19.0 Å². The largest absolute Gasteiger partial charge is 0.457 e. The summed E-state index contributed by atoms with van der Waals surface area (Å²) in [6.07, 6.45) is 1.49. The highest BCUT2D eigenvalue weighted by molar-refractivity contribution is 5.90. The van der Waals surface area contributed by atoms with E-state index < -0.39 is 5.92 Å². The van der Waals surface area contributed by atoms with Gasteiger partial charge in [0.25, 0.3) is 5.91 Å². The molecule has 0 atom stereocenters. The fraction of sp³-hybridized carbons (Fsp3) is 0.143. The van der Waals surface area contributed by atoms with E-state index in [0.29, 0.717) is 17.3 Å². The third-order valence-corrected chi connectivity index (χ3v) is 4.36. The maximum atomic E-state index is 12.9. The van der Waals surface area contributed by atoms with E-state index in [1.54, 1.807) is 6.07 Å². The van der Waals surface area contributed by atoms with Crippen LogP contribution >= 0.6 is 0 Å². The van der Waals surface area contributed by atoms with Crippen molar-refractivity contribution in [3.05, 3.63) is 77.6 Å². The minimum Gasteiger partial charge on any atom is -0.457 e. The van der Waals surface area contributed by atoms with Crippen LogP contribution in [0.1, 0.15) is 22.8 Å². The smallest absolute Gasteiger partial charge is 0.252 e. The van der Waals surface area contributed by atoms with Crippen molar-refractivity contribution in [2.24, 2.45) is 5.10 Å². The Labute approximate surface area is 157 Å². The van der Waals surface area contributed by atoms with Gasteiger partial charge in [-0.15, -0.1) is 0 Å². The standard InChI is InChI=1S/C21H19N3O3/c1-24(2)19-12-11-14(26-19)13-22-23-21(25)20-15-7-3-5-9-17(15)27-18-10-6-4-8-16(18)20/h3-13,20H,1-2H3,(H,23,25)/b22-13-. The highest BCUT2D eigenvalue weighted by atomic mass is 16.5. The third-order valence-electron chi connectivity index (χ3n) is 4.36. The molecule has 136 valence electrons. The van der Waals surface area contributed by atoms with Crippen molar-refractivity contribution in [2.45, 2.75) is 5.92 Å². The number of carbonyl (C=O) groups is 1. The fourth-order valence-corrected chi connectivity index (χ4v) is 3.07. The summed E-state index contributed by atoms with van der Waals surface area (Å²) in [6, 6.07) is 18.7. The molecule has 1 amide bonds. The number of para-hydroxylation sites is 2. The lowest BCUT2D eigenvalue weighted by Gasteiger charge is -2.26. The van der Waals surface area contributed by atoms with Crippen molar-refractivity contribution in [3.8, 4) is 11.5 Å². The Kier molecular flexibility index (Phi) is 4.38. The molecule has 6 heteroatoms. The van der Waals surface area contributed by atoms with Crippen molar-refractivity contribution in [1.82, 2.24) is 5.43 Å². The van der Waals surface area contributed by atoms with Crippen LogP contribution in [0.25, 0.3) is 0 Å². The molecule has 1 aliphatic heterocycles. The molecule has 6 nitrogen and oxygen atoms in total. The number of carbonyl (C=O) groups excluding carboxylic acids is 1. The molecule has 0 unspecified atom stereocenters. The van der Waals surface area contributed by atoms with Crippen LogP contribution in [-0.2, 0) is 4.79 Å². The number of amides is 1. The van der Waals surface area contributed by atoms with Gasteiger partial charge in [0, 0.05) is 31.3 Å². The Hall–Kier alpha value is -3.54. The molecule has 1 N–H and O–H groups in total. The summed E-state index contributed by atoms with van der Waals surface area (Å²) in [5.41, 5.74) is 4.26. The first-order valence-electron chi connectivity index (χ1n) is 8.59. The van der Waals surface area contributed by atoms with Gasteiger partial charge in [-0.25, -0.2) is 5.43 Å². The number of nitrogens with zero attached hydrogens (tertiary/aromatic N) is 2. The lowest BCUT2D eigenvalue weighted by molar-refractivity contribution is -0.121. The average molecular weight is 361 g/mol. The van der Waals surface area contributed by atoms with Gasteiger partial charge < -0.3 is 14.1 Å². The monoisotopic (exact) mass is 361 g/mol. The molecule has 0 fully saturated rings. The summed E-state index contributed by atoms with van der Waals surface area (Å²) in [7, 11) is 3.78. The van der Waals surface area contributed by atoms with Crippen LogP contribution in [0.4, 0.5) is 5.88 Å². The van der Waals surface area contributed by atoms with Crippen LogP contribution < -0.4 is 15.1 Å². The number of anilines is 1. The molecule has 0 aliphatic carbocycles. The van der Waals surface area contributed by atoms with E-state index in [1.807, 2.05) is 73.6 Å². The van der Waals surface area contributed by atoms with Gasteiger partial charge in [0.05, 0.1) is 12.1 Å². The van der Waals surface area contributed by atoms with Crippen molar-refractivity contribution in [1.29, 1.82) is 0 Å². The molecule has 0 saturated carbocycles. The van der Waals surface area contributed by atoms with E-state index in [0.717, 1.165) is 17.0 Å². The van der Waals surface area contributed by atoms with Gasteiger partial charge in [-0.05, 0) is 18.2 Å². The van der Waals surface area contributed by atoms with E-state index in [1.165, 1.54) is 6.21 Å². The Morgan fingerprint density at radius 3 is 2.22 bits per heavy atom. The second-order valence-corrected chi connectivity index (χ2v) is 6.42. The summed E-state index contributed by atoms with van der Waals surface area (Å²) in [5, 5.41) is 4.06. The van der Waals surface area contributed by atoms with Crippen LogP contribution in [0.5, 0.6) is 11.5 Å². The maximum absolute atomic E-state index is 12.9. The number of benzene rings is 2. The number of hydrazone groups is 1. The van der Waals surface area contributed by atoms with Gasteiger partial charge in [0.15, 0.2) is 5.88 Å². The highest BCUT2D eigenvalue weighted by Crippen LogP contribution is 2.43. The maximum Gasteiger partial charge on any atom is 0.252 e. The molecule has 2 aromatic carbocycles. The summed E-state index contributed by atoms with van der Waals surface area (Å²) < 4.78 is 11.5. The van der Waals surface area contributed by atoms with Crippen molar-refractivity contribution in [3.63, 3.8) is 0 Å². The van der Waals surface area contributed by atoms with Crippen molar-refractivity contribution >= 4 is 18.0 Å². The second kappa shape index (κ2) is 6.99. The first-order chi connectivity index (χ1) is 13.1. The molecule has 1 aliphatic rings. The summed E-state index contributed by atoms with van der Waals surface area (Å²) in [6.45, 7) is 0. The van der Waals surface area contributed by atoms with E-state index >= 15 is 0 Å². The van der Waals surface area contributed by atoms with Gasteiger partial charge in [-0.3, -0.25) is 4.79 Å². The molecule has 2 heterocycles. The second-order valence-electron chi connectivity index (χ2n) is 6.42. The first kappa shape index (κ1) is 16.9. The van der Waals surface area contributed by atoms with E-state index in [-0.39, 0.29) is 5.91 Å². The molecule has 0 radical (unpaired) electrons. The molecule has 3 aromatic rings. The SMILES string of the molecule is CN(C)c1ccc(/C=N\NC(=O)C2c3ccccc3Oc3ccccc32)o1. The molecule has 4 rings (SSSR count).